The fraction of sp³-hybridized carbons (Fsp3) is 0.316. The molecular formula is C19H22F3IN6S. The van der Waals surface area contributed by atoms with Crippen LogP contribution in [0.3, 0.4) is 0 Å². The molecule has 0 saturated carbocycles. The van der Waals surface area contributed by atoms with Gasteiger partial charge in [-0.05, 0) is 26.0 Å². The van der Waals surface area contributed by atoms with Gasteiger partial charge in [-0.3, -0.25) is 4.99 Å². The van der Waals surface area contributed by atoms with Crippen molar-refractivity contribution in [1.82, 2.24) is 25.4 Å². The Labute approximate surface area is 193 Å². The molecule has 162 valence electrons. The van der Waals surface area contributed by atoms with Crippen molar-refractivity contribution in [2.24, 2.45) is 4.99 Å². The van der Waals surface area contributed by atoms with E-state index in [1.807, 2.05) is 48.9 Å². The van der Waals surface area contributed by atoms with E-state index < -0.39 is 11.9 Å². The van der Waals surface area contributed by atoms with Gasteiger partial charge in [0.15, 0.2) is 11.7 Å². The number of thiazole rings is 1. The molecule has 0 fully saturated rings. The number of para-hydroxylation sites is 1. The van der Waals surface area contributed by atoms with E-state index in [0.29, 0.717) is 17.5 Å². The molecule has 2 N–H and O–H groups in total. The van der Waals surface area contributed by atoms with E-state index in [-0.39, 0.29) is 30.5 Å². The Morgan fingerprint density at radius 1 is 1.13 bits per heavy atom. The Morgan fingerprint density at radius 2 is 1.80 bits per heavy atom. The number of nitrogens with zero attached hydrogens (tertiary/aromatic N) is 4. The molecule has 0 saturated heterocycles. The predicted molar refractivity (Wildman–Crippen MR) is 123 cm³/mol. The number of guanidine groups is 1. The molecule has 0 spiro atoms. The molecule has 2 heterocycles. The van der Waals surface area contributed by atoms with Crippen LogP contribution in [0.4, 0.5) is 13.2 Å². The summed E-state index contributed by atoms with van der Waals surface area (Å²) in [4.78, 5) is 7.73. The van der Waals surface area contributed by atoms with Crippen molar-refractivity contribution >= 4 is 41.3 Å². The van der Waals surface area contributed by atoms with E-state index in [0.717, 1.165) is 39.4 Å². The van der Waals surface area contributed by atoms with E-state index in [4.69, 9.17) is 0 Å². The zero-order valence-corrected chi connectivity index (χ0v) is 19.8. The summed E-state index contributed by atoms with van der Waals surface area (Å²) >= 11 is 0.959. The molecule has 0 amide bonds. The minimum Gasteiger partial charge on any atom is -0.352 e. The normalized spacial score (nSPS) is 11.9. The van der Waals surface area contributed by atoms with Crippen LogP contribution in [0.1, 0.15) is 27.7 Å². The van der Waals surface area contributed by atoms with Gasteiger partial charge in [-0.1, -0.05) is 18.2 Å². The maximum absolute atomic E-state index is 12.7. The van der Waals surface area contributed by atoms with Gasteiger partial charge in [0.25, 0.3) is 0 Å². The number of hydrogen-bond donors (Lipinski definition) is 2. The number of hydrogen-bond acceptors (Lipinski definition) is 4. The van der Waals surface area contributed by atoms with Crippen molar-refractivity contribution in [1.29, 1.82) is 0 Å². The summed E-state index contributed by atoms with van der Waals surface area (Å²) in [6.45, 7) is 4.57. The third-order valence-corrected chi connectivity index (χ3v) is 5.20. The van der Waals surface area contributed by atoms with E-state index >= 15 is 0 Å². The zero-order chi connectivity index (χ0) is 21.0. The third kappa shape index (κ3) is 5.72. The van der Waals surface area contributed by atoms with Gasteiger partial charge in [0.2, 0.25) is 0 Å². The van der Waals surface area contributed by atoms with Crippen molar-refractivity contribution in [2.75, 3.05) is 7.05 Å². The van der Waals surface area contributed by atoms with Crippen LogP contribution in [0.2, 0.25) is 0 Å². The number of aliphatic imine (C=N–C) groups is 1. The van der Waals surface area contributed by atoms with Crippen molar-refractivity contribution < 1.29 is 13.2 Å². The van der Waals surface area contributed by atoms with E-state index in [9.17, 15) is 13.2 Å². The van der Waals surface area contributed by atoms with Gasteiger partial charge in [0.1, 0.15) is 5.01 Å². The van der Waals surface area contributed by atoms with Gasteiger partial charge in [-0.25, -0.2) is 9.67 Å². The lowest BCUT2D eigenvalue weighted by Gasteiger charge is -2.11. The average molecular weight is 550 g/mol. The Hall–Kier alpha value is -2.15. The topological polar surface area (TPSA) is 67.1 Å². The Bertz CT molecular complexity index is 998. The van der Waals surface area contributed by atoms with Crippen molar-refractivity contribution in [3.05, 3.63) is 63.4 Å². The lowest BCUT2D eigenvalue weighted by atomic mass is 10.2. The Morgan fingerprint density at radius 3 is 2.40 bits per heavy atom. The summed E-state index contributed by atoms with van der Waals surface area (Å²) in [5, 5.41) is 12.1. The van der Waals surface area contributed by atoms with Crippen LogP contribution in [-0.2, 0) is 19.3 Å². The largest absolute Gasteiger partial charge is 0.434 e. The molecule has 30 heavy (non-hydrogen) atoms. The summed E-state index contributed by atoms with van der Waals surface area (Å²) in [5.74, 6) is 0.472. The highest BCUT2D eigenvalue weighted by atomic mass is 127. The van der Waals surface area contributed by atoms with Crippen LogP contribution >= 0.6 is 35.3 Å². The first-order valence-corrected chi connectivity index (χ1v) is 9.74. The highest BCUT2D eigenvalue weighted by Gasteiger charge is 2.33. The maximum Gasteiger partial charge on any atom is 0.434 e. The number of aromatic nitrogens is 3. The van der Waals surface area contributed by atoms with E-state index in [2.05, 4.69) is 25.7 Å². The van der Waals surface area contributed by atoms with Crippen LogP contribution in [0, 0.1) is 13.8 Å². The number of benzene rings is 1. The van der Waals surface area contributed by atoms with Crippen LogP contribution < -0.4 is 10.6 Å². The van der Waals surface area contributed by atoms with Crippen LogP contribution in [0.5, 0.6) is 0 Å². The lowest BCUT2D eigenvalue weighted by Crippen LogP contribution is -2.36. The second kappa shape index (κ2) is 10.2. The van der Waals surface area contributed by atoms with Crippen molar-refractivity contribution in [3.8, 4) is 5.69 Å². The second-order valence-corrected chi connectivity index (χ2v) is 7.24. The SMILES string of the molecule is CN=C(NCc1nc(C(F)(F)F)cs1)NCc1c(C)nn(-c2ccccc2)c1C.I. The molecule has 0 aliphatic rings. The number of aryl methyl sites for hydroxylation is 1. The number of alkyl halides is 3. The predicted octanol–water partition coefficient (Wildman–Crippen LogP) is 4.45. The molecule has 0 unspecified atom stereocenters. The van der Waals surface area contributed by atoms with Gasteiger partial charge in [0.05, 0.1) is 17.9 Å². The van der Waals surface area contributed by atoms with Gasteiger partial charge in [-0.2, -0.15) is 18.3 Å². The average Bonchev–Trinajstić information content (AvgIpc) is 3.28. The molecule has 0 aliphatic heterocycles. The van der Waals surface area contributed by atoms with Crippen LogP contribution in [0.25, 0.3) is 5.69 Å². The smallest absolute Gasteiger partial charge is 0.352 e. The molecule has 3 aromatic rings. The molecule has 6 nitrogen and oxygen atoms in total. The van der Waals surface area contributed by atoms with Crippen LogP contribution in [-0.4, -0.2) is 27.8 Å². The first kappa shape index (κ1) is 24.1. The molecule has 0 atom stereocenters. The Kier molecular flexibility index (Phi) is 8.24. The maximum atomic E-state index is 12.7. The summed E-state index contributed by atoms with van der Waals surface area (Å²) in [6, 6.07) is 9.84. The molecule has 0 bridgehead atoms. The minimum atomic E-state index is -4.43. The quantitative estimate of drug-likeness (QED) is 0.280. The highest BCUT2D eigenvalue weighted by molar-refractivity contribution is 14.0. The third-order valence-electron chi connectivity index (χ3n) is 4.35. The van der Waals surface area contributed by atoms with Gasteiger partial charge in [0, 0.05) is 30.2 Å². The number of rotatable bonds is 5. The molecule has 2 aromatic heterocycles. The highest BCUT2D eigenvalue weighted by Crippen LogP contribution is 2.29. The van der Waals surface area contributed by atoms with Gasteiger partial charge >= 0.3 is 6.18 Å². The molecule has 0 aliphatic carbocycles. The molecule has 3 rings (SSSR count). The fourth-order valence-electron chi connectivity index (χ4n) is 2.83. The van der Waals surface area contributed by atoms with Crippen molar-refractivity contribution in [3.63, 3.8) is 0 Å². The molecule has 1 aromatic carbocycles. The number of nitrogens with one attached hydrogen (secondary N) is 2. The summed E-state index contributed by atoms with van der Waals surface area (Å²) < 4.78 is 39.9. The summed E-state index contributed by atoms with van der Waals surface area (Å²) in [7, 11) is 1.60. The van der Waals surface area contributed by atoms with Gasteiger partial charge in [-0.15, -0.1) is 35.3 Å². The fourth-order valence-corrected chi connectivity index (χ4v) is 3.57. The zero-order valence-electron chi connectivity index (χ0n) is 16.6. The summed E-state index contributed by atoms with van der Waals surface area (Å²) in [6.07, 6.45) is -4.43. The minimum absolute atomic E-state index is 0. The Balaban J connectivity index is 0.00000320. The first-order valence-electron chi connectivity index (χ1n) is 8.86. The number of halogens is 4. The standard InChI is InChI=1S/C19H21F3N6S.HI/c1-12-15(13(2)28(27-12)14-7-5-4-6-8-14)9-24-18(23-3)25-10-17-26-16(11-29-17)19(20,21)22;/h4-8,11H,9-10H2,1-3H3,(H2,23,24,25);1H. The van der Waals surface area contributed by atoms with E-state index in [1.54, 1.807) is 7.05 Å². The second-order valence-electron chi connectivity index (χ2n) is 6.30. The lowest BCUT2D eigenvalue weighted by molar-refractivity contribution is -0.140. The molecule has 11 heteroatoms. The monoisotopic (exact) mass is 550 g/mol. The van der Waals surface area contributed by atoms with E-state index in [1.165, 1.54) is 0 Å². The summed E-state index contributed by atoms with van der Waals surface area (Å²) in [5.41, 5.74) is 3.04. The van der Waals surface area contributed by atoms with Crippen LogP contribution in [0.15, 0.2) is 40.7 Å². The first-order chi connectivity index (χ1) is 13.8. The van der Waals surface area contributed by atoms with Gasteiger partial charge < -0.3 is 10.6 Å². The van der Waals surface area contributed by atoms with Crippen molar-refractivity contribution in [2.45, 2.75) is 33.1 Å². The molecule has 0 radical (unpaired) electrons. The molecular weight excluding hydrogens is 528 g/mol.